The maximum Gasteiger partial charge on any atom is -0.0288 e. The van der Waals surface area contributed by atoms with E-state index in [9.17, 15) is 0 Å². The Hall–Kier alpha value is -0.260. The van der Waals surface area contributed by atoms with Crippen LogP contribution in [0.1, 0.15) is 27.7 Å². The van der Waals surface area contributed by atoms with Crippen molar-refractivity contribution in [2.24, 2.45) is 5.92 Å². The number of hydrogen-bond acceptors (Lipinski definition) is 0. The average molecular weight is 98.2 g/mol. The zero-order chi connectivity index (χ0) is 5.86. The van der Waals surface area contributed by atoms with Gasteiger partial charge in [-0.2, -0.15) is 0 Å². The summed E-state index contributed by atoms with van der Waals surface area (Å²) in [5.41, 5.74) is 1.41. The molecular weight excluding hydrogens is 84.1 g/mol. The van der Waals surface area contributed by atoms with Gasteiger partial charge >= 0.3 is 0 Å². The third kappa shape index (κ3) is 5.74. The lowest BCUT2D eigenvalue weighted by molar-refractivity contribution is 0.822. The molecule has 0 saturated heterocycles. The lowest BCUT2D eigenvalue weighted by Crippen LogP contribution is -1.77. The van der Waals surface area contributed by atoms with Crippen molar-refractivity contribution in [2.75, 3.05) is 0 Å². The van der Waals surface area contributed by atoms with Gasteiger partial charge in [0, 0.05) is 0 Å². The maximum atomic E-state index is 2.25. The first kappa shape index (κ1) is 6.74. The van der Waals surface area contributed by atoms with Crippen LogP contribution in [0.15, 0.2) is 11.6 Å². The van der Waals surface area contributed by atoms with Crippen LogP contribution < -0.4 is 0 Å². The molecule has 0 saturated carbocycles. The predicted molar refractivity (Wildman–Crippen MR) is 34.3 cm³/mol. The smallest absolute Gasteiger partial charge is 0.0288 e. The summed E-state index contributed by atoms with van der Waals surface area (Å²) in [6, 6.07) is 0. The molecule has 0 radical (unpaired) electrons. The van der Waals surface area contributed by atoms with Crippen LogP contribution in [-0.2, 0) is 0 Å². The van der Waals surface area contributed by atoms with E-state index in [0.717, 1.165) is 0 Å². The van der Waals surface area contributed by atoms with E-state index < -0.39 is 0 Å². The SMILES string of the molecule is CC(C)=CC(C)C. The molecule has 0 aliphatic heterocycles. The minimum Gasteiger partial charge on any atom is -0.0833 e. The van der Waals surface area contributed by atoms with E-state index in [-0.39, 0.29) is 0 Å². The predicted octanol–water partition coefficient (Wildman–Crippen LogP) is 2.61. The van der Waals surface area contributed by atoms with E-state index in [4.69, 9.17) is 0 Å². The summed E-state index contributed by atoms with van der Waals surface area (Å²) in [5.74, 6) is 0.713. The van der Waals surface area contributed by atoms with Gasteiger partial charge in [0.15, 0.2) is 0 Å². The standard InChI is InChI=1S/C7H14/c1-6(2)5-7(3)4/h5-6H,1-4H3. The Morgan fingerprint density at radius 2 is 1.71 bits per heavy atom. The fourth-order valence-corrected chi connectivity index (χ4v) is 0.667. The van der Waals surface area contributed by atoms with Crippen molar-refractivity contribution in [2.45, 2.75) is 27.7 Å². The zero-order valence-electron chi connectivity index (χ0n) is 5.65. The highest BCUT2D eigenvalue weighted by atomic mass is 13.9. The minimum absolute atomic E-state index is 0.713. The van der Waals surface area contributed by atoms with Crippen molar-refractivity contribution >= 4 is 0 Å². The van der Waals surface area contributed by atoms with Crippen molar-refractivity contribution in [1.29, 1.82) is 0 Å². The summed E-state index contributed by atoms with van der Waals surface area (Å²) < 4.78 is 0. The first-order valence-electron chi connectivity index (χ1n) is 2.78. The lowest BCUT2D eigenvalue weighted by atomic mass is 10.1. The van der Waals surface area contributed by atoms with E-state index in [1.807, 2.05) is 0 Å². The van der Waals surface area contributed by atoms with Crippen LogP contribution in [0.4, 0.5) is 0 Å². The summed E-state index contributed by atoms with van der Waals surface area (Å²) in [5, 5.41) is 0. The van der Waals surface area contributed by atoms with Crippen molar-refractivity contribution in [3.05, 3.63) is 11.6 Å². The van der Waals surface area contributed by atoms with E-state index in [1.165, 1.54) is 5.57 Å². The molecule has 0 rings (SSSR count). The molecule has 0 aromatic heterocycles. The van der Waals surface area contributed by atoms with E-state index in [1.54, 1.807) is 0 Å². The number of allylic oxidation sites excluding steroid dienone is 2. The van der Waals surface area contributed by atoms with Crippen molar-refractivity contribution < 1.29 is 0 Å². The summed E-state index contributed by atoms with van der Waals surface area (Å²) in [7, 11) is 0. The third-order valence-electron chi connectivity index (χ3n) is 0.667. The highest BCUT2D eigenvalue weighted by Gasteiger charge is 1.82. The Kier molecular flexibility index (Phi) is 2.73. The Labute approximate surface area is 46.2 Å². The summed E-state index contributed by atoms with van der Waals surface area (Å²) in [4.78, 5) is 0. The van der Waals surface area contributed by atoms with Gasteiger partial charge in [-0.25, -0.2) is 0 Å². The third-order valence-corrected chi connectivity index (χ3v) is 0.667. The van der Waals surface area contributed by atoms with Gasteiger partial charge in [0.25, 0.3) is 0 Å². The number of hydrogen-bond donors (Lipinski definition) is 0. The second-order valence-corrected chi connectivity index (χ2v) is 2.49. The van der Waals surface area contributed by atoms with E-state index >= 15 is 0 Å². The van der Waals surface area contributed by atoms with Crippen LogP contribution in [-0.4, -0.2) is 0 Å². The molecule has 7 heavy (non-hydrogen) atoms. The van der Waals surface area contributed by atoms with Gasteiger partial charge in [-0.15, -0.1) is 0 Å². The van der Waals surface area contributed by atoms with Gasteiger partial charge in [0.1, 0.15) is 0 Å². The summed E-state index contributed by atoms with van der Waals surface area (Å²) in [6.45, 7) is 8.62. The highest BCUT2D eigenvalue weighted by Crippen LogP contribution is 1.98. The van der Waals surface area contributed by atoms with Gasteiger partial charge in [-0.05, 0) is 19.8 Å². The Morgan fingerprint density at radius 1 is 1.29 bits per heavy atom. The molecule has 42 valence electrons. The van der Waals surface area contributed by atoms with Crippen molar-refractivity contribution in [1.82, 2.24) is 0 Å². The molecule has 0 aromatic rings. The van der Waals surface area contributed by atoms with Crippen LogP contribution in [0.2, 0.25) is 0 Å². The van der Waals surface area contributed by atoms with Crippen molar-refractivity contribution in [3.8, 4) is 0 Å². The molecular formula is C7H14. The van der Waals surface area contributed by atoms with Gasteiger partial charge in [0.05, 0.1) is 0 Å². The molecule has 0 amide bonds. The lowest BCUT2D eigenvalue weighted by Gasteiger charge is -1.93. The van der Waals surface area contributed by atoms with Gasteiger partial charge in [-0.1, -0.05) is 25.5 Å². The van der Waals surface area contributed by atoms with Crippen molar-refractivity contribution in [3.63, 3.8) is 0 Å². The van der Waals surface area contributed by atoms with E-state index in [0.29, 0.717) is 5.92 Å². The zero-order valence-corrected chi connectivity index (χ0v) is 5.65. The van der Waals surface area contributed by atoms with E-state index in [2.05, 4.69) is 33.8 Å². The Morgan fingerprint density at radius 3 is 1.71 bits per heavy atom. The molecule has 0 bridgehead atoms. The molecule has 0 heterocycles. The topological polar surface area (TPSA) is 0 Å². The highest BCUT2D eigenvalue weighted by molar-refractivity contribution is 4.94. The molecule has 0 unspecified atom stereocenters. The van der Waals surface area contributed by atoms with Crippen LogP contribution in [0.25, 0.3) is 0 Å². The fourth-order valence-electron chi connectivity index (χ4n) is 0.667. The Bertz CT molecular complexity index is 64.1. The van der Waals surface area contributed by atoms with Crippen LogP contribution in [0.5, 0.6) is 0 Å². The number of rotatable bonds is 1. The maximum absolute atomic E-state index is 2.25. The Balaban J connectivity index is 3.45. The van der Waals surface area contributed by atoms with Crippen LogP contribution in [0.3, 0.4) is 0 Å². The largest absolute Gasteiger partial charge is 0.0833 e. The second kappa shape index (κ2) is 2.84. The fraction of sp³-hybridized carbons (Fsp3) is 0.714. The first-order valence-corrected chi connectivity index (χ1v) is 2.78. The van der Waals surface area contributed by atoms with Gasteiger partial charge in [-0.3, -0.25) is 0 Å². The molecule has 0 aliphatic carbocycles. The summed E-state index contributed by atoms with van der Waals surface area (Å²) in [6.07, 6.45) is 2.25. The van der Waals surface area contributed by atoms with Crippen LogP contribution >= 0.6 is 0 Å². The molecule has 0 heteroatoms. The monoisotopic (exact) mass is 98.1 g/mol. The average Bonchev–Trinajstić information content (AvgIpc) is 1.27. The van der Waals surface area contributed by atoms with Gasteiger partial charge in [0.2, 0.25) is 0 Å². The second-order valence-electron chi connectivity index (χ2n) is 2.49. The molecule has 0 aliphatic rings. The molecule has 0 fully saturated rings. The molecule has 0 aromatic carbocycles. The van der Waals surface area contributed by atoms with Gasteiger partial charge < -0.3 is 0 Å². The first-order chi connectivity index (χ1) is 3.13. The summed E-state index contributed by atoms with van der Waals surface area (Å²) >= 11 is 0. The molecule has 0 atom stereocenters. The minimum atomic E-state index is 0.713. The quantitative estimate of drug-likeness (QED) is 0.442. The molecule has 0 N–H and O–H groups in total. The van der Waals surface area contributed by atoms with Crippen LogP contribution in [0, 0.1) is 5.92 Å². The normalized spacial score (nSPS) is 9.29. The molecule has 0 nitrogen and oxygen atoms in total. The molecule has 0 spiro atoms.